The van der Waals surface area contributed by atoms with Gasteiger partial charge in [-0.2, -0.15) is 0 Å². The Morgan fingerprint density at radius 3 is 2.73 bits per heavy atom. The van der Waals surface area contributed by atoms with Gasteiger partial charge >= 0.3 is 0 Å². The van der Waals surface area contributed by atoms with Crippen molar-refractivity contribution in [2.75, 3.05) is 46.0 Å². The molecule has 1 aromatic carbocycles. The molecule has 2 fully saturated rings. The molecule has 2 saturated heterocycles. The molecular weight excluding hydrogens is 422 g/mol. The summed E-state index contributed by atoms with van der Waals surface area (Å²) in [4.78, 5) is 34.1. The number of hydrogen-bond donors (Lipinski definition) is 1. The van der Waals surface area contributed by atoms with Crippen LogP contribution in [0.5, 0.6) is 5.75 Å². The minimum absolute atomic E-state index is 0.0719. The maximum absolute atomic E-state index is 13.1. The van der Waals surface area contributed by atoms with Crippen molar-refractivity contribution in [3.8, 4) is 5.75 Å². The van der Waals surface area contributed by atoms with Crippen LogP contribution < -0.4 is 4.74 Å². The number of ketones is 1. The molecule has 4 rings (SSSR count). The van der Waals surface area contributed by atoms with E-state index in [2.05, 4.69) is 9.88 Å². The van der Waals surface area contributed by atoms with E-state index >= 15 is 0 Å². The van der Waals surface area contributed by atoms with Gasteiger partial charge in [0.2, 0.25) is 0 Å². The number of morpholine rings is 1. The van der Waals surface area contributed by atoms with Gasteiger partial charge in [-0.05, 0) is 30.2 Å². The summed E-state index contributed by atoms with van der Waals surface area (Å²) in [5.41, 5.74) is 1.19. The van der Waals surface area contributed by atoms with Crippen LogP contribution in [-0.2, 0) is 14.3 Å². The highest BCUT2D eigenvalue weighted by Gasteiger charge is 2.46. The number of carbonyl (C=O) groups excluding carboxylic acids is 2. The van der Waals surface area contributed by atoms with Crippen molar-refractivity contribution in [3.05, 3.63) is 65.5 Å². The highest BCUT2D eigenvalue weighted by Crippen LogP contribution is 2.39. The Hall–Kier alpha value is -3.23. The molecule has 0 saturated carbocycles. The van der Waals surface area contributed by atoms with Gasteiger partial charge in [0.1, 0.15) is 11.5 Å². The van der Waals surface area contributed by atoms with Crippen molar-refractivity contribution in [2.24, 2.45) is 0 Å². The lowest BCUT2D eigenvalue weighted by Crippen LogP contribution is -2.42. The Bertz CT molecular complexity index is 1020. The zero-order valence-corrected chi connectivity index (χ0v) is 18.8. The van der Waals surface area contributed by atoms with Crippen molar-refractivity contribution >= 4 is 17.4 Å². The van der Waals surface area contributed by atoms with Crippen LogP contribution in [0.3, 0.4) is 0 Å². The van der Waals surface area contributed by atoms with Crippen molar-refractivity contribution in [1.82, 2.24) is 14.8 Å². The average Bonchev–Trinajstić information content (AvgIpc) is 3.12. The van der Waals surface area contributed by atoms with E-state index in [1.54, 1.807) is 42.7 Å². The lowest BCUT2D eigenvalue weighted by Gasteiger charge is -2.30. The minimum atomic E-state index is -0.708. The molecule has 1 amide bonds. The first-order valence-corrected chi connectivity index (χ1v) is 11.3. The van der Waals surface area contributed by atoms with Crippen LogP contribution in [0, 0.1) is 0 Å². The quantitative estimate of drug-likeness (QED) is 0.375. The lowest BCUT2D eigenvalue weighted by molar-refractivity contribution is -0.140. The van der Waals surface area contributed by atoms with E-state index in [0.717, 1.165) is 19.5 Å². The van der Waals surface area contributed by atoms with Gasteiger partial charge in [0.05, 0.1) is 31.4 Å². The van der Waals surface area contributed by atoms with Gasteiger partial charge in [-0.15, -0.1) is 0 Å². The molecule has 8 heteroatoms. The van der Waals surface area contributed by atoms with Crippen molar-refractivity contribution in [1.29, 1.82) is 0 Å². The Morgan fingerprint density at radius 1 is 1.18 bits per heavy atom. The van der Waals surface area contributed by atoms with Gasteiger partial charge in [0.25, 0.3) is 11.7 Å². The summed E-state index contributed by atoms with van der Waals surface area (Å²) in [6.45, 7) is 6.41. The molecule has 1 N–H and O–H groups in total. The third kappa shape index (κ3) is 5.07. The van der Waals surface area contributed by atoms with Crippen molar-refractivity contribution < 1.29 is 24.2 Å². The van der Waals surface area contributed by atoms with Crippen molar-refractivity contribution in [2.45, 2.75) is 19.4 Å². The fourth-order valence-electron chi connectivity index (χ4n) is 4.18. The monoisotopic (exact) mass is 451 g/mol. The SMILES string of the molecule is CCCOc1cccc(/C(O)=C2\C(=O)C(=O)N(CCN3CCOCC3)C2c2cccnc2)c1. The molecule has 3 heterocycles. The molecule has 2 aliphatic heterocycles. The number of aliphatic hydroxyl groups excluding tert-OH is 1. The number of amides is 1. The third-order valence-electron chi connectivity index (χ3n) is 5.88. The van der Waals surface area contributed by atoms with Crippen LogP contribution in [-0.4, -0.2) is 77.6 Å². The van der Waals surface area contributed by atoms with Gasteiger partial charge in [-0.3, -0.25) is 19.5 Å². The van der Waals surface area contributed by atoms with E-state index < -0.39 is 17.7 Å². The fraction of sp³-hybridized carbons (Fsp3) is 0.400. The summed E-state index contributed by atoms with van der Waals surface area (Å²) in [6, 6.07) is 9.82. The lowest BCUT2D eigenvalue weighted by atomic mass is 9.96. The maximum atomic E-state index is 13.1. The molecule has 2 aromatic rings. The first-order chi connectivity index (χ1) is 16.1. The largest absolute Gasteiger partial charge is 0.507 e. The molecular formula is C25H29N3O5. The van der Waals surface area contributed by atoms with Crippen LogP contribution >= 0.6 is 0 Å². The Balaban J connectivity index is 1.69. The summed E-state index contributed by atoms with van der Waals surface area (Å²) in [6.07, 6.45) is 4.12. The highest BCUT2D eigenvalue weighted by molar-refractivity contribution is 6.46. The molecule has 2 aliphatic rings. The summed E-state index contributed by atoms with van der Waals surface area (Å²) in [7, 11) is 0. The smallest absolute Gasteiger partial charge is 0.295 e. The predicted octanol–water partition coefficient (Wildman–Crippen LogP) is 2.62. The Kier molecular flexibility index (Phi) is 7.36. The topological polar surface area (TPSA) is 92.2 Å². The van der Waals surface area contributed by atoms with Gasteiger partial charge in [-0.1, -0.05) is 25.1 Å². The normalized spacial score (nSPS) is 20.9. The van der Waals surface area contributed by atoms with Gasteiger partial charge in [-0.25, -0.2) is 0 Å². The maximum Gasteiger partial charge on any atom is 0.295 e. The third-order valence-corrected chi connectivity index (χ3v) is 5.88. The summed E-state index contributed by atoms with van der Waals surface area (Å²) >= 11 is 0. The number of ether oxygens (including phenoxy) is 2. The number of likely N-dealkylation sites (tertiary alicyclic amines) is 1. The van der Waals surface area contributed by atoms with E-state index in [-0.39, 0.29) is 11.3 Å². The zero-order valence-electron chi connectivity index (χ0n) is 18.8. The fourth-order valence-corrected chi connectivity index (χ4v) is 4.18. The Labute approximate surface area is 193 Å². The molecule has 8 nitrogen and oxygen atoms in total. The molecule has 1 aromatic heterocycles. The molecule has 33 heavy (non-hydrogen) atoms. The van der Waals surface area contributed by atoms with Gasteiger partial charge in [0.15, 0.2) is 0 Å². The molecule has 0 spiro atoms. The number of pyridine rings is 1. The second kappa shape index (κ2) is 10.6. The van der Waals surface area contributed by atoms with Crippen LogP contribution in [0.4, 0.5) is 0 Å². The van der Waals surface area contributed by atoms with Gasteiger partial charge in [0, 0.05) is 44.1 Å². The van der Waals surface area contributed by atoms with E-state index in [1.807, 2.05) is 13.0 Å². The first-order valence-electron chi connectivity index (χ1n) is 11.3. The summed E-state index contributed by atoms with van der Waals surface area (Å²) < 4.78 is 11.1. The number of hydrogen-bond acceptors (Lipinski definition) is 7. The van der Waals surface area contributed by atoms with Crippen LogP contribution in [0.2, 0.25) is 0 Å². The number of benzene rings is 1. The number of Topliss-reactive ketones (excluding diaryl/α,β-unsaturated/α-hetero) is 1. The first kappa shape index (κ1) is 22.9. The highest BCUT2D eigenvalue weighted by atomic mass is 16.5. The molecule has 0 aliphatic carbocycles. The molecule has 1 atom stereocenters. The standard InChI is InChI=1S/C25H29N3O5/c1-2-13-33-20-7-3-5-18(16-20)23(29)21-22(19-6-4-8-26-17-19)28(25(31)24(21)30)10-9-27-11-14-32-15-12-27/h3-8,16-17,22,29H,2,9-15H2,1H3/b23-21+. The average molecular weight is 452 g/mol. The molecule has 174 valence electrons. The van der Waals surface area contributed by atoms with Gasteiger partial charge < -0.3 is 19.5 Å². The van der Waals surface area contributed by atoms with E-state index in [0.29, 0.717) is 49.8 Å². The van der Waals surface area contributed by atoms with E-state index in [9.17, 15) is 14.7 Å². The Morgan fingerprint density at radius 2 is 2.00 bits per heavy atom. The number of carbonyl (C=O) groups is 2. The van der Waals surface area contributed by atoms with Crippen LogP contribution in [0.15, 0.2) is 54.4 Å². The minimum Gasteiger partial charge on any atom is -0.507 e. The molecule has 0 bridgehead atoms. The summed E-state index contributed by atoms with van der Waals surface area (Å²) in [5, 5.41) is 11.2. The second-order valence-corrected chi connectivity index (χ2v) is 8.11. The number of nitrogens with zero attached hydrogens (tertiary/aromatic N) is 3. The number of aliphatic hydroxyl groups is 1. The number of rotatable bonds is 8. The van der Waals surface area contributed by atoms with Crippen molar-refractivity contribution in [3.63, 3.8) is 0 Å². The van der Waals surface area contributed by atoms with E-state index in [1.165, 1.54) is 4.90 Å². The zero-order chi connectivity index (χ0) is 23.2. The predicted molar refractivity (Wildman–Crippen MR) is 123 cm³/mol. The second-order valence-electron chi connectivity index (χ2n) is 8.11. The van der Waals surface area contributed by atoms with E-state index in [4.69, 9.17) is 9.47 Å². The molecule has 1 unspecified atom stereocenters. The molecule has 0 radical (unpaired) electrons. The van der Waals surface area contributed by atoms with Crippen LogP contribution in [0.1, 0.15) is 30.5 Å². The number of aromatic nitrogens is 1. The van der Waals surface area contributed by atoms with Crippen LogP contribution in [0.25, 0.3) is 5.76 Å². The summed E-state index contributed by atoms with van der Waals surface area (Å²) in [5.74, 6) is -0.918.